The van der Waals surface area contributed by atoms with E-state index < -0.39 is 21.9 Å². The number of benzene rings is 2. The summed E-state index contributed by atoms with van der Waals surface area (Å²) in [7, 11) is 0. The average molecular weight is 412 g/mol. The summed E-state index contributed by atoms with van der Waals surface area (Å²) in [6.07, 6.45) is 3.20. The van der Waals surface area contributed by atoms with E-state index in [1.54, 1.807) is 6.21 Å². The molecule has 150 valence electrons. The number of aromatic hydroxyl groups is 1. The second-order valence-electron chi connectivity index (χ2n) is 6.69. The van der Waals surface area contributed by atoms with Crippen molar-refractivity contribution in [2.45, 2.75) is 25.3 Å². The van der Waals surface area contributed by atoms with Gasteiger partial charge in [-0.3, -0.25) is 20.3 Å². The molecule has 1 aliphatic heterocycles. The van der Waals surface area contributed by atoms with Crippen molar-refractivity contribution in [2.24, 2.45) is 5.10 Å². The van der Waals surface area contributed by atoms with Crippen LogP contribution < -0.4 is 10.7 Å². The van der Waals surface area contributed by atoms with Gasteiger partial charge in [0.1, 0.15) is 0 Å². The van der Waals surface area contributed by atoms with Crippen LogP contribution in [0.3, 0.4) is 0 Å². The molecule has 29 heavy (non-hydrogen) atoms. The first-order valence-electron chi connectivity index (χ1n) is 8.88. The molecule has 2 aromatic rings. The second-order valence-corrected chi connectivity index (χ2v) is 7.84. The number of carbonyl (C=O) groups excluding carboxylic acids is 1. The van der Waals surface area contributed by atoms with Crippen molar-refractivity contribution in [3.63, 3.8) is 0 Å². The van der Waals surface area contributed by atoms with Gasteiger partial charge in [-0.1, -0.05) is 55.9 Å². The minimum atomic E-state index is -0.675. The minimum Gasteiger partial charge on any atom is -0.502 e. The van der Waals surface area contributed by atoms with Gasteiger partial charge in [-0.05, 0) is 34.8 Å². The smallest absolute Gasteiger partial charge is 0.311 e. The van der Waals surface area contributed by atoms with E-state index in [2.05, 4.69) is 41.8 Å². The lowest BCUT2D eigenvalue weighted by Gasteiger charge is -2.07. The molecule has 8 nitrogen and oxygen atoms in total. The van der Waals surface area contributed by atoms with E-state index in [0.29, 0.717) is 16.4 Å². The Bertz CT molecular complexity index is 986. The first-order valence-corrected chi connectivity index (χ1v) is 9.76. The highest BCUT2D eigenvalue weighted by Crippen LogP contribution is 2.31. The van der Waals surface area contributed by atoms with Gasteiger partial charge in [0.25, 0.3) is 5.91 Å². The Kier molecular flexibility index (Phi) is 6.18. The molecule has 2 aromatic carbocycles. The molecule has 3 N–H and O–H groups in total. The number of phenolic OH excluding ortho intramolecular Hbond substituents is 1. The van der Waals surface area contributed by atoms with E-state index in [1.807, 2.05) is 12.1 Å². The van der Waals surface area contributed by atoms with Crippen molar-refractivity contribution in [2.75, 3.05) is 0 Å². The molecule has 0 unspecified atom stereocenters. The van der Waals surface area contributed by atoms with Crippen LogP contribution in [0.25, 0.3) is 6.08 Å². The van der Waals surface area contributed by atoms with Crippen LogP contribution in [0, 0.1) is 10.1 Å². The highest BCUT2D eigenvalue weighted by Gasteiger charge is 2.27. The number of amides is 1. The molecule has 0 radical (unpaired) electrons. The normalized spacial score (nSPS) is 17.8. The highest BCUT2D eigenvalue weighted by molar-refractivity contribution is 8.05. The molecule has 0 aromatic heterocycles. The maximum Gasteiger partial charge on any atom is 0.311 e. The van der Waals surface area contributed by atoms with Crippen LogP contribution in [0.2, 0.25) is 0 Å². The Hall–Kier alpha value is -3.33. The van der Waals surface area contributed by atoms with Crippen molar-refractivity contribution < 1.29 is 14.8 Å². The van der Waals surface area contributed by atoms with Gasteiger partial charge in [-0.25, -0.2) is 0 Å². The molecule has 1 saturated heterocycles. The third-order valence-corrected chi connectivity index (χ3v) is 5.25. The summed E-state index contributed by atoms with van der Waals surface area (Å²) in [5.74, 6) is -0.264. The van der Waals surface area contributed by atoms with Gasteiger partial charge in [0.15, 0.2) is 11.2 Å². The van der Waals surface area contributed by atoms with E-state index in [9.17, 15) is 20.0 Å². The van der Waals surface area contributed by atoms with Gasteiger partial charge in [0.2, 0.25) is 0 Å². The molecular weight excluding hydrogens is 392 g/mol. The summed E-state index contributed by atoms with van der Waals surface area (Å²) in [5, 5.41) is 27.3. The van der Waals surface area contributed by atoms with Crippen LogP contribution in [0.1, 0.15) is 36.5 Å². The largest absolute Gasteiger partial charge is 0.502 e. The lowest BCUT2D eigenvalue weighted by atomic mass is 10.0. The summed E-state index contributed by atoms with van der Waals surface area (Å²) in [6, 6.07) is 12.0. The summed E-state index contributed by atoms with van der Waals surface area (Å²) in [5.41, 5.74) is 4.63. The number of hydrogen-bond acceptors (Lipinski definition) is 7. The predicted octanol–water partition coefficient (Wildman–Crippen LogP) is 3.54. The van der Waals surface area contributed by atoms with Gasteiger partial charge < -0.3 is 10.4 Å². The monoisotopic (exact) mass is 412 g/mol. The van der Waals surface area contributed by atoms with Crippen LogP contribution in [0.15, 0.2) is 52.5 Å². The lowest BCUT2D eigenvalue weighted by molar-refractivity contribution is -0.385. The minimum absolute atomic E-state index is 0.306. The molecule has 1 atom stereocenters. The Labute approximate surface area is 171 Å². The van der Waals surface area contributed by atoms with Crippen molar-refractivity contribution in [1.29, 1.82) is 0 Å². The van der Waals surface area contributed by atoms with Gasteiger partial charge in [-0.2, -0.15) is 5.10 Å². The zero-order valence-corrected chi connectivity index (χ0v) is 16.6. The molecule has 0 bridgehead atoms. The summed E-state index contributed by atoms with van der Waals surface area (Å²) in [4.78, 5) is 22.8. The number of hydrazone groups is 1. The van der Waals surface area contributed by atoms with Gasteiger partial charge in [0, 0.05) is 6.07 Å². The number of thioether (sulfide) groups is 1. The third-order valence-electron chi connectivity index (χ3n) is 4.23. The molecule has 1 amide bonds. The van der Waals surface area contributed by atoms with E-state index in [0.717, 1.165) is 5.56 Å². The fraction of sp³-hybridized carbons (Fsp3) is 0.200. The van der Waals surface area contributed by atoms with Crippen LogP contribution >= 0.6 is 11.8 Å². The number of nitrogens with zero attached hydrogens (tertiary/aromatic N) is 2. The third kappa shape index (κ3) is 5.14. The molecule has 0 saturated carbocycles. The van der Waals surface area contributed by atoms with E-state index in [4.69, 9.17) is 0 Å². The van der Waals surface area contributed by atoms with Crippen LogP contribution in [0.4, 0.5) is 5.69 Å². The number of nitrogens with one attached hydrogen (secondary N) is 2. The molecular formula is C20H20N4O4S. The summed E-state index contributed by atoms with van der Waals surface area (Å²) < 4.78 is 0. The number of phenols is 1. The topological polar surface area (TPSA) is 117 Å². The standard InChI is InChI=1S/C20H20N4O4S/c1-12(2)15-6-3-13(4-7-15)11-21-23-20-22-19(26)18(29-20)10-14-5-8-17(25)16(9-14)24(27)28/h3-12,20,23,25H,1-2H3,(H,22,26)/b18-10+,21-11?/t20-/m0/s1. The number of nitro benzene ring substituents is 1. The molecule has 1 aliphatic rings. The van der Waals surface area contributed by atoms with Crippen molar-refractivity contribution in [3.8, 4) is 5.75 Å². The Morgan fingerprint density at radius 2 is 1.93 bits per heavy atom. The first kappa shape index (κ1) is 20.4. The first-order chi connectivity index (χ1) is 13.8. The second kappa shape index (κ2) is 8.78. The van der Waals surface area contributed by atoms with E-state index >= 15 is 0 Å². The number of nitro groups is 1. The quantitative estimate of drug-likeness (QED) is 0.289. The van der Waals surface area contributed by atoms with Crippen molar-refractivity contribution in [3.05, 3.63) is 74.2 Å². The molecule has 3 rings (SSSR count). The van der Waals surface area contributed by atoms with E-state index in [-0.39, 0.29) is 5.91 Å². The number of hydrogen-bond donors (Lipinski definition) is 3. The predicted molar refractivity (Wildman–Crippen MR) is 114 cm³/mol. The Morgan fingerprint density at radius 1 is 1.24 bits per heavy atom. The molecule has 0 aliphatic carbocycles. The van der Waals surface area contributed by atoms with Crippen molar-refractivity contribution >= 4 is 35.6 Å². The van der Waals surface area contributed by atoms with Crippen LogP contribution in [-0.2, 0) is 4.79 Å². The summed E-state index contributed by atoms with van der Waals surface area (Å²) in [6.45, 7) is 4.26. The van der Waals surface area contributed by atoms with Crippen LogP contribution in [-0.4, -0.2) is 27.6 Å². The Morgan fingerprint density at radius 3 is 2.59 bits per heavy atom. The maximum atomic E-state index is 12.1. The average Bonchev–Trinajstić information content (AvgIpc) is 3.02. The molecule has 1 heterocycles. The molecule has 9 heteroatoms. The zero-order chi connectivity index (χ0) is 21.0. The fourth-order valence-corrected chi connectivity index (χ4v) is 3.54. The fourth-order valence-electron chi connectivity index (χ4n) is 2.63. The summed E-state index contributed by atoms with van der Waals surface area (Å²) >= 11 is 1.22. The Balaban J connectivity index is 1.63. The van der Waals surface area contributed by atoms with E-state index in [1.165, 1.54) is 41.6 Å². The maximum absolute atomic E-state index is 12.1. The number of carbonyl (C=O) groups is 1. The zero-order valence-electron chi connectivity index (χ0n) is 15.8. The lowest BCUT2D eigenvalue weighted by Crippen LogP contribution is -2.34. The van der Waals surface area contributed by atoms with Gasteiger partial charge in [-0.15, -0.1) is 0 Å². The van der Waals surface area contributed by atoms with Crippen LogP contribution in [0.5, 0.6) is 5.75 Å². The van der Waals surface area contributed by atoms with Crippen molar-refractivity contribution in [1.82, 2.24) is 10.7 Å². The SMILES string of the molecule is CC(C)c1ccc(C=NN[C@@H]2NC(=O)/C(=C\c3ccc(O)c([N+](=O)[O-])c3)S2)cc1. The van der Waals surface area contributed by atoms with Gasteiger partial charge in [0.05, 0.1) is 16.0 Å². The molecule has 1 fully saturated rings. The number of rotatable bonds is 6. The molecule has 0 spiro atoms. The van der Waals surface area contributed by atoms with Gasteiger partial charge >= 0.3 is 5.69 Å². The highest BCUT2D eigenvalue weighted by atomic mass is 32.2.